The molecule has 7 heteroatoms. The summed E-state index contributed by atoms with van der Waals surface area (Å²) in [6.07, 6.45) is 0.284. The molecule has 2 spiro atoms. The van der Waals surface area contributed by atoms with E-state index in [4.69, 9.17) is 9.47 Å². The number of carbonyl (C=O) groups excluding carboxylic acids is 3. The van der Waals surface area contributed by atoms with Gasteiger partial charge in [0.2, 0.25) is 5.91 Å². The van der Waals surface area contributed by atoms with Crippen LogP contribution in [0.3, 0.4) is 0 Å². The van der Waals surface area contributed by atoms with Crippen LogP contribution in [0.1, 0.15) is 23.6 Å². The number of para-hydroxylation sites is 1. The van der Waals surface area contributed by atoms with E-state index in [1.807, 2.05) is 48.5 Å². The lowest BCUT2D eigenvalue weighted by atomic mass is 9.62. The molecule has 3 aliphatic heterocycles. The van der Waals surface area contributed by atoms with E-state index in [9.17, 15) is 14.4 Å². The highest BCUT2D eigenvalue weighted by Crippen LogP contribution is 2.60. The zero-order valence-electron chi connectivity index (χ0n) is 15.8. The summed E-state index contributed by atoms with van der Waals surface area (Å²) in [6.45, 7) is 0.181. The van der Waals surface area contributed by atoms with Crippen LogP contribution < -0.4 is 10.6 Å². The van der Waals surface area contributed by atoms with Gasteiger partial charge >= 0.3 is 11.9 Å². The molecule has 4 atom stereocenters. The highest BCUT2D eigenvalue weighted by molar-refractivity contribution is 6.12. The van der Waals surface area contributed by atoms with E-state index >= 15 is 0 Å². The van der Waals surface area contributed by atoms with E-state index < -0.39 is 34.9 Å². The van der Waals surface area contributed by atoms with Crippen molar-refractivity contribution < 1.29 is 23.9 Å². The molecule has 2 fully saturated rings. The third kappa shape index (κ3) is 2.13. The third-order valence-electron chi connectivity index (χ3n) is 6.47. The van der Waals surface area contributed by atoms with Crippen LogP contribution in [0, 0.1) is 5.92 Å². The molecule has 2 N–H and O–H groups in total. The van der Waals surface area contributed by atoms with Crippen molar-refractivity contribution in [2.24, 2.45) is 5.92 Å². The van der Waals surface area contributed by atoms with Gasteiger partial charge in [-0.05, 0) is 17.2 Å². The summed E-state index contributed by atoms with van der Waals surface area (Å²) in [7, 11) is 1.28. The summed E-state index contributed by atoms with van der Waals surface area (Å²) in [5, 5.41) is 6.29. The lowest BCUT2D eigenvalue weighted by Crippen LogP contribution is -2.55. The summed E-state index contributed by atoms with van der Waals surface area (Å²) in [6, 6.07) is 16.1. The van der Waals surface area contributed by atoms with Gasteiger partial charge in [-0.1, -0.05) is 48.5 Å². The Morgan fingerprint density at radius 3 is 2.52 bits per heavy atom. The Kier molecular flexibility index (Phi) is 3.79. The van der Waals surface area contributed by atoms with Crippen molar-refractivity contribution in [2.45, 2.75) is 23.4 Å². The highest BCUT2D eigenvalue weighted by atomic mass is 16.5. The Morgan fingerprint density at radius 2 is 1.83 bits per heavy atom. The predicted octanol–water partition coefficient (Wildman–Crippen LogP) is 1.70. The molecule has 29 heavy (non-hydrogen) atoms. The van der Waals surface area contributed by atoms with Crippen LogP contribution >= 0.6 is 0 Å². The molecule has 3 heterocycles. The maximum Gasteiger partial charge on any atom is 0.327 e. The van der Waals surface area contributed by atoms with Gasteiger partial charge in [0.15, 0.2) is 0 Å². The summed E-state index contributed by atoms with van der Waals surface area (Å²) in [4.78, 5) is 39.7. The van der Waals surface area contributed by atoms with Gasteiger partial charge in [-0.15, -0.1) is 0 Å². The lowest BCUT2D eigenvalue weighted by Gasteiger charge is -2.34. The molecule has 1 amide bonds. The number of carbonyl (C=O) groups is 3. The van der Waals surface area contributed by atoms with Crippen molar-refractivity contribution in [3.63, 3.8) is 0 Å². The second-order valence-corrected chi connectivity index (χ2v) is 7.67. The number of amides is 1. The molecular formula is C22H20N2O5. The van der Waals surface area contributed by atoms with Crippen LogP contribution in [-0.2, 0) is 29.3 Å². The fourth-order valence-electron chi connectivity index (χ4n) is 5.31. The Labute approximate surface area is 167 Å². The van der Waals surface area contributed by atoms with Gasteiger partial charge in [-0.25, -0.2) is 0 Å². The molecule has 0 bridgehead atoms. The molecule has 5 rings (SSSR count). The van der Waals surface area contributed by atoms with E-state index in [0.29, 0.717) is 11.3 Å². The summed E-state index contributed by atoms with van der Waals surface area (Å²) in [5.41, 5.74) is -0.544. The van der Waals surface area contributed by atoms with Crippen LogP contribution in [0.2, 0.25) is 0 Å². The fraction of sp³-hybridized carbons (Fsp3) is 0.318. The molecule has 0 saturated carbocycles. The zero-order chi connectivity index (χ0) is 20.2. The van der Waals surface area contributed by atoms with E-state index in [0.717, 1.165) is 5.56 Å². The van der Waals surface area contributed by atoms with Gasteiger partial charge in [0.1, 0.15) is 16.9 Å². The molecule has 2 aromatic rings. The topological polar surface area (TPSA) is 93.7 Å². The van der Waals surface area contributed by atoms with Crippen molar-refractivity contribution in [2.75, 3.05) is 19.0 Å². The summed E-state index contributed by atoms with van der Waals surface area (Å²) in [5.74, 6) is -2.53. The zero-order valence-corrected chi connectivity index (χ0v) is 15.8. The van der Waals surface area contributed by atoms with E-state index in [1.54, 1.807) is 6.07 Å². The van der Waals surface area contributed by atoms with E-state index in [-0.39, 0.29) is 18.9 Å². The lowest BCUT2D eigenvalue weighted by molar-refractivity contribution is -0.157. The molecule has 0 unspecified atom stereocenters. The maximum absolute atomic E-state index is 13.6. The minimum atomic E-state index is -1.34. The second-order valence-electron chi connectivity index (χ2n) is 7.67. The van der Waals surface area contributed by atoms with Crippen molar-refractivity contribution in [1.29, 1.82) is 0 Å². The number of benzene rings is 2. The van der Waals surface area contributed by atoms with Gasteiger partial charge in [-0.2, -0.15) is 0 Å². The Bertz CT molecular complexity index is 1020. The molecule has 0 radical (unpaired) electrons. The van der Waals surface area contributed by atoms with E-state index in [2.05, 4.69) is 10.6 Å². The molecule has 0 aromatic heterocycles. The van der Waals surface area contributed by atoms with Crippen LogP contribution in [-0.4, -0.2) is 37.1 Å². The third-order valence-corrected chi connectivity index (χ3v) is 6.47. The number of hydrogen-bond donors (Lipinski definition) is 2. The molecular weight excluding hydrogens is 372 g/mol. The van der Waals surface area contributed by atoms with Crippen LogP contribution in [0.25, 0.3) is 0 Å². The number of hydrogen-bond acceptors (Lipinski definition) is 6. The average Bonchev–Trinajstić information content (AvgIpc) is 3.36. The van der Waals surface area contributed by atoms with Crippen LogP contribution in [0.4, 0.5) is 5.69 Å². The van der Waals surface area contributed by atoms with Gasteiger partial charge < -0.3 is 14.8 Å². The number of anilines is 1. The monoisotopic (exact) mass is 392 g/mol. The first-order valence-electron chi connectivity index (χ1n) is 9.54. The smallest absolute Gasteiger partial charge is 0.327 e. The molecule has 3 aliphatic rings. The number of nitrogens with one attached hydrogen (secondary N) is 2. The second kappa shape index (κ2) is 6.15. The fourth-order valence-corrected chi connectivity index (χ4v) is 5.31. The first-order valence-corrected chi connectivity index (χ1v) is 9.54. The molecule has 7 nitrogen and oxygen atoms in total. The number of cyclic esters (lactones) is 1. The van der Waals surface area contributed by atoms with Gasteiger partial charge in [0.25, 0.3) is 0 Å². The number of rotatable bonds is 2. The number of ether oxygens (including phenoxy) is 2. The van der Waals surface area contributed by atoms with E-state index in [1.165, 1.54) is 7.11 Å². The standard InChI is InChI=1S/C22H20N2O5/c1-28-18(25)16-21(11-12-29-20(21)27)24-17(13-7-3-2-4-8-13)22(16)14-9-5-6-10-15(14)23-19(22)26/h2-10,16-17,24H,11-12H2,1H3,(H,23,26)/t16-,17+,21+,22+/m1/s1. The van der Waals surface area contributed by atoms with Gasteiger partial charge in [0.05, 0.1) is 19.8 Å². The normalized spacial score (nSPS) is 32.3. The van der Waals surface area contributed by atoms with Gasteiger partial charge in [0, 0.05) is 12.1 Å². The average molecular weight is 392 g/mol. The molecule has 0 aliphatic carbocycles. The van der Waals surface area contributed by atoms with Crippen LogP contribution in [0.5, 0.6) is 0 Å². The Morgan fingerprint density at radius 1 is 1.10 bits per heavy atom. The maximum atomic E-state index is 13.6. The quantitative estimate of drug-likeness (QED) is 0.756. The van der Waals surface area contributed by atoms with Crippen molar-refractivity contribution >= 4 is 23.5 Å². The molecule has 2 aromatic carbocycles. The Balaban J connectivity index is 1.84. The Hall–Kier alpha value is -3.19. The number of methoxy groups -OCH3 is 1. The molecule has 148 valence electrons. The minimum Gasteiger partial charge on any atom is -0.469 e. The first-order chi connectivity index (χ1) is 14.1. The van der Waals surface area contributed by atoms with Crippen LogP contribution in [0.15, 0.2) is 54.6 Å². The SMILES string of the molecule is COC(=O)[C@H]1[C@]2(C(=O)Nc3ccccc32)[C@H](c2ccccc2)N[C@@]12CCOC2=O. The van der Waals surface area contributed by atoms with Gasteiger partial charge in [-0.3, -0.25) is 19.7 Å². The largest absolute Gasteiger partial charge is 0.469 e. The van der Waals surface area contributed by atoms with Crippen molar-refractivity contribution in [3.05, 3.63) is 65.7 Å². The highest BCUT2D eigenvalue weighted by Gasteiger charge is 2.75. The first kappa shape index (κ1) is 17.9. The minimum absolute atomic E-state index is 0.181. The summed E-state index contributed by atoms with van der Waals surface area (Å²) >= 11 is 0. The van der Waals surface area contributed by atoms with Crippen molar-refractivity contribution in [3.8, 4) is 0 Å². The molecule has 2 saturated heterocycles. The predicted molar refractivity (Wildman–Crippen MR) is 103 cm³/mol. The number of esters is 2. The summed E-state index contributed by atoms with van der Waals surface area (Å²) < 4.78 is 10.4. The van der Waals surface area contributed by atoms with Crippen molar-refractivity contribution in [1.82, 2.24) is 5.32 Å². The number of fused-ring (bicyclic) bond motifs is 2.